The van der Waals surface area contributed by atoms with E-state index in [4.69, 9.17) is 16.3 Å². The van der Waals surface area contributed by atoms with Crippen molar-refractivity contribution in [3.8, 4) is 17.6 Å². The van der Waals surface area contributed by atoms with Crippen LogP contribution in [0.5, 0.6) is 5.75 Å². The normalized spacial score (nSPS) is 9.86. The number of rotatable bonds is 4. The maximum atomic E-state index is 13.0. The molecule has 0 spiro atoms. The number of hydrogen-bond acceptors (Lipinski definition) is 1. The highest BCUT2D eigenvalue weighted by Crippen LogP contribution is 2.15. The van der Waals surface area contributed by atoms with Gasteiger partial charge in [-0.05, 0) is 42.0 Å². The molecule has 0 fully saturated rings. The predicted molar refractivity (Wildman–Crippen MR) is 79.3 cm³/mol. The zero-order valence-corrected chi connectivity index (χ0v) is 12.0. The molecule has 2 aromatic carbocycles. The lowest BCUT2D eigenvalue weighted by molar-refractivity contribution is 0.305. The Morgan fingerprint density at radius 3 is 2.29 bits per heavy atom. The molecule has 0 saturated carbocycles. The molecule has 2 rings (SSSR count). The molecule has 0 N–H and O–H groups in total. The van der Waals surface area contributed by atoms with Gasteiger partial charge in [-0.15, -0.1) is 11.6 Å². The Morgan fingerprint density at radius 1 is 1.00 bits per heavy atom. The number of alkyl halides is 1. The van der Waals surface area contributed by atoms with Crippen molar-refractivity contribution < 1.29 is 13.5 Å². The third kappa shape index (κ3) is 5.09. The first kappa shape index (κ1) is 15.3. The Kier molecular flexibility index (Phi) is 5.59. The van der Waals surface area contributed by atoms with Crippen molar-refractivity contribution in [2.75, 3.05) is 5.88 Å². The molecular weight excluding hydrogens is 294 g/mol. The van der Waals surface area contributed by atoms with Gasteiger partial charge in [-0.3, -0.25) is 0 Å². The van der Waals surface area contributed by atoms with E-state index in [1.165, 1.54) is 12.1 Å². The predicted octanol–water partition coefficient (Wildman–Crippen LogP) is 4.52. The summed E-state index contributed by atoms with van der Waals surface area (Å²) in [4.78, 5) is 0. The first-order chi connectivity index (χ1) is 10.2. The summed E-state index contributed by atoms with van der Waals surface area (Å²) in [6.07, 6.45) is 0.644. The van der Waals surface area contributed by atoms with Gasteiger partial charge in [0.15, 0.2) is 0 Å². The lowest BCUT2D eigenvalue weighted by atomic mass is 10.2. The van der Waals surface area contributed by atoms with Gasteiger partial charge in [0.25, 0.3) is 0 Å². The molecule has 0 aliphatic carbocycles. The van der Waals surface area contributed by atoms with Crippen molar-refractivity contribution in [1.29, 1.82) is 0 Å². The average Bonchev–Trinajstić information content (AvgIpc) is 2.46. The zero-order valence-electron chi connectivity index (χ0n) is 11.2. The Labute approximate surface area is 127 Å². The van der Waals surface area contributed by atoms with E-state index in [-0.39, 0.29) is 6.61 Å². The third-order valence-corrected chi connectivity index (χ3v) is 2.82. The molecule has 0 unspecified atom stereocenters. The Bertz CT molecular complexity index is 636. The lowest BCUT2D eigenvalue weighted by Crippen LogP contribution is -1.97. The van der Waals surface area contributed by atoms with E-state index in [0.29, 0.717) is 23.6 Å². The van der Waals surface area contributed by atoms with Gasteiger partial charge in [-0.2, -0.15) is 0 Å². The Hall–Kier alpha value is -2.05. The second-order valence-corrected chi connectivity index (χ2v) is 4.71. The molecule has 0 heterocycles. The molecule has 108 valence electrons. The van der Waals surface area contributed by atoms with E-state index in [0.717, 1.165) is 11.6 Å². The smallest absolute Gasteiger partial charge is 0.126 e. The Morgan fingerprint density at radius 2 is 1.67 bits per heavy atom. The fraction of sp³-hybridized carbons (Fsp3) is 0.176. The van der Waals surface area contributed by atoms with Crippen molar-refractivity contribution in [1.82, 2.24) is 0 Å². The molecule has 21 heavy (non-hydrogen) atoms. The summed E-state index contributed by atoms with van der Waals surface area (Å²) in [7, 11) is 0. The van der Waals surface area contributed by atoms with Gasteiger partial charge in [0, 0.05) is 23.9 Å². The minimum Gasteiger partial charge on any atom is -0.489 e. The maximum absolute atomic E-state index is 13.0. The van der Waals surface area contributed by atoms with Crippen LogP contribution in [-0.2, 0) is 6.61 Å². The molecule has 0 radical (unpaired) electrons. The summed E-state index contributed by atoms with van der Waals surface area (Å²) in [6, 6.07) is 10.5. The van der Waals surface area contributed by atoms with Gasteiger partial charge in [0.2, 0.25) is 0 Å². The van der Waals surface area contributed by atoms with E-state index in [2.05, 4.69) is 11.8 Å². The molecule has 0 aliphatic heterocycles. The molecular formula is C17H13ClF2O. The molecule has 0 saturated heterocycles. The van der Waals surface area contributed by atoms with Gasteiger partial charge in [0.1, 0.15) is 24.0 Å². The monoisotopic (exact) mass is 306 g/mol. The van der Waals surface area contributed by atoms with E-state index in [9.17, 15) is 8.78 Å². The van der Waals surface area contributed by atoms with Crippen LogP contribution < -0.4 is 4.74 Å². The quantitative estimate of drug-likeness (QED) is 0.596. The second kappa shape index (κ2) is 7.66. The third-order valence-electron chi connectivity index (χ3n) is 2.63. The summed E-state index contributed by atoms with van der Waals surface area (Å²) >= 11 is 5.54. The molecule has 0 bridgehead atoms. The van der Waals surface area contributed by atoms with Crippen molar-refractivity contribution >= 4 is 11.6 Å². The molecule has 0 atom stereocenters. The molecule has 4 heteroatoms. The number of ether oxygens (including phenoxy) is 1. The minimum atomic E-state index is -0.612. The van der Waals surface area contributed by atoms with Crippen LogP contribution in [0.4, 0.5) is 8.78 Å². The van der Waals surface area contributed by atoms with Gasteiger partial charge in [0.05, 0.1) is 0 Å². The highest BCUT2D eigenvalue weighted by molar-refractivity contribution is 6.18. The molecule has 0 aromatic heterocycles. The summed E-state index contributed by atoms with van der Waals surface area (Å²) in [6.45, 7) is 0.103. The molecule has 0 aliphatic rings. The number of halogens is 3. The van der Waals surface area contributed by atoms with Crippen molar-refractivity contribution in [2.24, 2.45) is 0 Å². The van der Waals surface area contributed by atoms with Crippen LogP contribution in [-0.4, -0.2) is 5.88 Å². The minimum absolute atomic E-state index is 0.103. The lowest BCUT2D eigenvalue weighted by Gasteiger charge is -2.06. The fourth-order valence-corrected chi connectivity index (χ4v) is 1.80. The molecule has 0 amide bonds. The van der Waals surface area contributed by atoms with Crippen LogP contribution in [0.2, 0.25) is 0 Å². The first-order valence-electron chi connectivity index (χ1n) is 6.40. The first-order valence-corrected chi connectivity index (χ1v) is 6.93. The van der Waals surface area contributed by atoms with Crippen molar-refractivity contribution in [2.45, 2.75) is 13.0 Å². The van der Waals surface area contributed by atoms with Crippen LogP contribution in [0.1, 0.15) is 17.5 Å². The molecule has 2 aromatic rings. The van der Waals surface area contributed by atoms with E-state index in [1.54, 1.807) is 12.1 Å². The zero-order chi connectivity index (χ0) is 15.1. The van der Waals surface area contributed by atoms with Crippen molar-refractivity contribution in [3.05, 3.63) is 65.2 Å². The highest BCUT2D eigenvalue weighted by atomic mass is 35.5. The van der Waals surface area contributed by atoms with E-state index in [1.807, 2.05) is 12.1 Å². The van der Waals surface area contributed by atoms with Crippen LogP contribution in [0, 0.1) is 23.5 Å². The van der Waals surface area contributed by atoms with Crippen LogP contribution in [0.3, 0.4) is 0 Å². The average molecular weight is 307 g/mol. The number of hydrogen-bond donors (Lipinski definition) is 0. The number of benzene rings is 2. The fourth-order valence-electron chi connectivity index (χ4n) is 1.71. The van der Waals surface area contributed by atoms with Gasteiger partial charge < -0.3 is 4.74 Å². The van der Waals surface area contributed by atoms with E-state index >= 15 is 0 Å². The van der Waals surface area contributed by atoms with Crippen LogP contribution in [0.15, 0.2) is 42.5 Å². The highest BCUT2D eigenvalue weighted by Gasteiger charge is 2.01. The second-order valence-electron chi connectivity index (χ2n) is 4.33. The van der Waals surface area contributed by atoms with Gasteiger partial charge in [-0.1, -0.05) is 11.8 Å². The summed E-state index contributed by atoms with van der Waals surface area (Å²) in [5.74, 6) is 5.81. The van der Waals surface area contributed by atoms with Gasteiger partial charge in [-0.25, -0.2) is 8.78 Å². The van der Waals surface area contributed by atoms with Crippen LogP contribution in [0.25, 0.3) is 0 Å². The largest absolute Gasteiger partial charge is 0.489 e. The Balaban J connectivity index is 1.96. The SMILES string of the molecule is Fc1cc(F)cc(COc2ccc(C#CCCCl)cc2)c1. The van der Waals surface area contributed by atoms with Crippen molar-refractivity contribution in [3.63, 3.8) is 0 Å². The molecule has 1 nitrogen and oxygen atoms in total. The maximum Gasteiger partial charge on any atom is 0.126 e. The standard InChI is InChI=1S/C17H13ClF2O/c18-8-2-1-3-13-4-6-17(7-5-13)21-12-14-9-15(19)11-16(20)10-14/h4-7,9-11H,2,8,12H2. The summed E-state index contributed by atoms with van der Waals surface area (Å²) < 4.78 is 31.5. The summed E-state index contributed by atoms with van der Waals surface area (Å²) in [5, 5.41) is 0. The van der Waals surface area contributed by atoms with Gasteiger partial charge >= 0.3 is 0 Å². The van der Waals surface area contributed by atoms with Crippen LogP contribution >= 0.6 is 11.6 Å². The summed E-state index contributed by atoms with van der Waals surface area (Å²) in [5.41, 5.74) is 1.31. The van der Waals surface area contributed by atoms with E-state index < -0.39 is 11.6 Å². The topological polar surface area (TPSA) is 9.23 Å².